The molecule has 2 N–H and O–H groups in total. The monoisotopic (exact) mass is 544 g/mol. The lowest BCUT2D eigenvalue weighted by molar-refractivity contribution is 0.0234. The standard InChI is InChI=1S/C32H40N4O4/c1-32(2,3)28-20-27(29(35(28)4)30(37)39-5)34-31(38)33-26-14-13-23(24-11-6-7-12-25(24)26)21-9-8-10-22(19-21)36-15-17-40-18-16-36/h6-7,11-14,19-20,22H,8-10,15-18H2,1-5H3,(H2,33,34,38). The van der Waals surface area contributed by atoms with Gasteiger partial charge in [-0.25, -0.2) is 9.59 Å². The van der Waals surface area contributed by atoms with E-state index < -0.39 is 12.0 Å². The van der Waals surface area contributed by atoms with E-state index in [1.165, 1.54) is 24.7 Å². The van der Waals surface area contributed by atoms with Gasteiger partial charge in [0.25, 0.3) is 0 Å². The molecule has 8 heteroatoms. The number of rotatable bonds is 5. The zero-order valence-corrected chi connectivity index (χ0v) is 24.2. The van der Waals surface area contributed by atoms with Crippen molar-refractivity contribution in [3.05, 3.63) is 65.5 Å². The number of nitrogens with one attached hydrogen (secondary N) is 2. The summed E-state index contributed by atoms with van der Waals surface area (Å²) in [6, 6.07) is 14.1. The number of morpholine rings is 1. The van der Waals surface area contributed by atoms with Gasteiger partial charge in [-0.05, 0) is 47.9 Å². The van der Waals surface area contributed by atoms with Crippen LogP contribution in [0.5, 0.6) is 0 Å². The average molecular weight is 545 g/mol. The SMILES string of the molecule is COC(=O)c1c(NC(=O)Nc2ccc(C3=CC(N4CCOCC4)CCC3)c3ccccc23)cc(C(C)(C)C)n1C. The first-order chi connectivity index (χ1) is 19.2. The van der Waals surface area contributed by atoms with Crippen molar-refractivity contribution in [3.8, 4) is 0 Å². The van der Waals surface area contributed by atoms with Crippen LogP contribution in [0.3, 0.4) is 0 Å². The summed E-state index contributed by atoms with van der Waals surface area (Å²) >= 11 is 0. The zero-order valence-electron chi connectivity index (χ0n) is 24.2. The Labute approximate surface area is 236 Å². The lowest BCUT2D eigenvalue weighted by Crippen LogP contribution is -2.43. The Morgan fingerprint density at radius 2 is 1.70 bits per heavy atom. The second kappa shape index (κ2) is 11.5. The van der Waals surface area contributed by atoms with E-state index in [9.17, 15) is 9.59 Å². The molecule has 1 atom stereocenters. The van der Waals surface area contributed by atoms with Crippen molar-refractivity contribution in [1.29, 1.82) is 0 Å². The summed E-state index contributed by atoms with van der Waals surface area (Å²) in [5, 5.41) is 8.00. The Kier molecular flexibility index (Phi) is 8.01. The average Bonchev–Trinajstić information content (AvgIpc) is 3.29. The van der Waals surface area contributed by atoms with E-state index >= 15 is 0 Å². The van der Waals surface area contributed by atoms with Crippen LogP contribution >= 0.6 is 0 Å². The summed E-state index contributed by atoms with van der Waals surface area (Å²) < 4.78 is 12.4. The highest BCUT2D eigenvalue weighted by molar-refractivity contribution is 6.10. The maximum absolute atomic E-state index is 13.3. The third-order valence-electron chi connectivity index (χ3n) is 8.00. The number of urea groups is 1. The molecule has 3 aromatic rings. The molecule has 2 amide bonds. The first kappa shape index (κ1) is 27.9. The second-order valence-corrected chi connectivity index (χ2v) is 11.7. The Morgan fingerprint density at radius 3 is 2.40 bits per heavy atom. The highest BCUT2D eigenvalue weighted by Crippen LogP contribution is 2.36. The van der Waals surface area contributed by atoms with Gasteiger partial charge in [-0.1, -0.05) is 57.2 Å². The van der Waals surface area contributed by atoms with Gasteiger partial charge in [0.2, 0.25) is 0 Å². The number of hydrogen-bond donors (Lipinski definition) is 2. The van der Waals surface area contributed by atoms with Crippen LogP contribution in [0.1, 0.15) is 61.8 Å². The topological polar surface area (TPSA) is 84.8 Å². The largest absolute Gasteiger partial charge is 0.464 e. The van der Waals surface area contributed by atoms with E-state index in [1.807, 2.05) is 37.4 Å². The molecule has 1 fully saturated rings. The van der Waals surface area contributed by atoms with Gasteiger partial charge in [-0.3, -0.25) is 4.90 Å². The predicted octanol–water partition coefficient (Wildman–Crippen LogP) is 6.17. The number of nitrogens with zero attached hydrogens (tertiary/aromatic N) is 2. The molecule has 1 aliphatic carbocycles. The minimum Gasteiger partial charge on any atom is -0.464 e. The number of esters is 1. The van der Waals surface area contributed by atoms with Crippen molar-refractivity contribution >= 4 is 39.7 Å². The minimum absolute atomic E-state index is 0.228. The molecule has 40 heavy (non-hydrogen) atoms. The van der Waals surface area contributed by atoms with E-state index in [2.05, 4.69) is 54.5 Å². The van der Waals surface area contributed by atoms with Gasteiger partial charge in [-0.2, -0.15) is 0 Å². The Morgan fingerprint density at radius 1 is 1.00 bits per heavy atom. The molecule has 1 unspecified atom stereocenters. The first-order valence-electron chi connectivity index (χ1n) is 14.1. The van der Waals surface area contributed by atoms with Gasteiger partial charge < -0.3 is 24.7 Å². The maximum atomic E-state index is 13.3. The Hall–Kier alpha value is -3.62. The van der Waals surface area contributed by atoms with Gasteiger partial charge >= 0.3 is 12.0 Å². The van der Waals surface area contributed by atoms with Crippen LogP contribution in [0, 0.1) is 0 Å². The molecule has 0 bridgehead atoms. The maximum Gasteiger partial charge on any atom is 0.356 e. The summed E-state index contributed by atoms with van der Waals surface area (Å²) in [5.41, 5.74) is 4.69. The Balaban J connectivity index is 1.42. The molecule has 1 saturated heterocycles. The lowest BCUT2D eigenvalue weighted by atomic mass is 9.87. The number of fused-ring (bicyclic) bond motifs is 1. The fraction of sp³-hybridized carbons (Fsp3) is 0.438. The molecule has 1 aromatic heterocycles. The summed E-state index contributed by atoms with van der Waals surface area (Å²) in [4.78, 5) is 28.4. The molecule has 2 aliphatic rings. The van der Waals surface area contributed by atoms with E-state index in [1.54, 1.807) is 4.57 Å². The number of amides is 2. The quantitative estimate of drug-likeness (QED) is 0.375. The highest BCUT2D eigenvalue weighted by Gasteiger charge is 2.27. The number of ether oxygens (including phenoxy) is 2. The van der Waals surface area contributed by atoms with Crippen LogP contribution in [0.15, 0.2) is 48.5 Å². The molecule has 212 valence electrons. The number of hydrogen-bond acceptors (Lipinski definition) is 5. The number of carbonyl (C=O) groups is 2. The smallest absolute Gasteiger partial charge is 0.356 e. The van der Waals surface area contributed by atoms with Crippen LogP contribution in [0.25, 0.3) is 16.3 Å². The first-order valence-corrected chi connectivity index (χ1v) is 14.1. The molecule has 2 heterocycles. The van der Waals surface area contributed by atoms with Crippen molar-refractivity contribution in [3.63, 3.8) is 0 Å². The summed E-state index contributed by atoms with van der Waals surface area (Å²) in [6.07, 6.45) is 5.80. The van der Waals surface area contributed by atoms with E-state index in [-0.39, 0.29) is 5.41 Å². The summed E-state index contributed by atoms with van der Waals surface area (Å²) in [6.45, 7) is 9.73. The van der Waals surface area contributed by atoms with Crippen molar-refractivity contribution in [2.75, 3.05) is 44.0 Å². The third-order valence-corrected chi connectivity index (χ3v) is 8.00. The number of anilines is 2. The van der Waals surface area contributed by atoms with E-state index in [0.717, 1.165) is 55.6 Å². The second-order valence-electron chi connectivity index (χ2n) is 11.7. The van der Waals surface area contributed by atoms with Crippen molar-refractivity contribution in [2.24, 2.45) is 7.05 Å². The molecular weight excluding hydrogens is 504 g/mol. The molecule has 0 spiro atoms. The van der Waals surface area contributed by atoms with Gasteiger partial charge in [0, 0.05) is 42.7 Å². The van der Waals surface area contributed by atoms with Crippen molar-refractivity contribution in [2.45, 2.75) is 51.5 Å². The fourth-order valence-corrected chi connectivity index (χ4v) is 6.05. The molecule has 8 nitrogen and oxygen atoms in total. The zero-order chi connectivity index (χ0) is 28.4. The fourth-order valence-electron chi connectivity index (χ4n) is 6.05. The van der Waals surface area contributed by atoms with Crippen LogP contribution in [-0.4, -0.2) is 60.9 Å². The van der Waals surface area contributed by atoms with Gasteiger partial charge in [0.15, 0.2) is 5.69 Å². The van der Waals surface area contributed by atoms with Crippen LogP contribution in [0.4, 0.5) is 16.2 Å². The van der Waals surface area contributed by atoms with Crippen LogP contribution < -0.4 is 10.6 Å². The van der Waals surface area contributed by atoms with Gasteiger partial charge in [-0.15, -0.1) is 0 Å². The Bertz CT molecular complexity index is 1440. The number of benzene rings is 2. The molecular formula is C32H40N4O4. The summed E-state index contributed by atoms with van der Waals surface area (Å²) in [5.74, 6) is -0.501. The predicted molar refractivity (Wildman–Crippen MR) is 160 cm³/mol. The van der Waals surface area contributed by atoms with E-state index in [4.69, 9.17) is 9.47 Å². The number of carbonyl (C=O) groups excluding carboxylic acids is 2. The summed E-state index contributed by atoms with van der Waals surface area (Å²) in [7, 11) is 3.15. The van der Waals surface area contributed by atoms with E-state index in [0.29, 0.717) is 23.1 Å². The third kappa shape index (κ3) is 5.64. The van der Waals surface area contributed by atoms with Gasteiger partial charge in [0.1, 0.15) is 0 Å². The van der Waals surface area contributed by atoms with Gasteiger partial charge in [0.05, 0.1) is 31.7 Å². The molecule has 2 aromatic carbocycles. The number of allylic oxidation sites excluding steroid dienone is 1. The van der Waals surface area contributed by atoms with Crippen molar-refractivity contribution in [1.82, 2.24) is 9.47 Å². The minimum atomic E-state index is -0.501. The van der Waals surface area contributed by atoms with Crippen molar-refractivity contribution < 1.29 is 19.1 Å². The molecule has 1 aliphatic heterocycles. The number of aromatic nitrogens is 1. The molecule has 0 saturated carbocycles. The van der Waals surface area contributed by atoms with Crippen LogP contribution in [-0.2, 0) is 21.9 Å². The number of methoxy groups -OCH3 is 1. The lowest BCUT2D eigenvalue weighted by Gasteiger charge is -2.35. The van der Waals surface area contributed by atoms with Crippen LogP contribution in [0.2, 0.25) is 0 Å². The highest BCUT2D eigenvalue weighted by atomic mass is 16.5. The normalized spacial score (nSPS) is 18.3. The molecule has 0 radical (unpaired) electrons. The molecule has 5 rings (SSSR count).